The number of aryl methyl sites for hydroxylation is 1. The van der Waals surface area contributed by atoms with Crippen molar-refractivity contribution < 1.29 is 8.42 Å². The van der Waals surface area contributed by atoms with Gasteiger partial charge in [0.25, 0.3) is 0 Å². The molecule has 0 spiro atoms. The molecular formula is C10H14NO2S. The largest absolute Gasteiger partial charge is 0.227 e. The average molecular weight is 212 g/mol. The Morgan fingerprint density at radius 3 is 2.43 bits per heavy atom. The molecule has 1 aromatic carbocycles. The molecule has 1 aromatic rings. The van der Waals surface area contributed by atoms with Crippen LogP contribution in [0.1, 0.15) is 12.0 Å². The number of rotatable bonds is 5. The maximum Gasteiger partial charge on any atom is 0.227 e. The van der Waals surface area contributed by atoms with Gasteiger partial charge in [-0.3, -0.25) is 0 Å². The van der Waals surface area contributed by atoms with Gasteiger partial charge in [-0.1, -0.05) is 30.3 Å². The second kappa shape index (κ2) is 5.12. The van der Waals surface area contributed by atoms with Crippen LogP contribution in [0.5, 0.6) is 0 Å². The highest BCUT2D eigenvalue weighted by Crippen LogP contribution is 2.03. The third-order valence-corrected chi connectivity index (χ3v) is 3.35. The molecule has 0 bridgehead atoms. The van der Waals surface area contributed by atoms with E-state index in [4.69, 9.17) is 0 Å². The van der Waals surface area contributed by atoms with E-state index in [2.05, 4.69) is 4.72 Å². The summed E-state index contributed by atoms with van der Waals surface area (Å²) in [7, 11) is -1.85. The summed E-state index contributed by atoms with van der Waals surface area (Å²) < 4.78 is 25.4. The van der Waals surface area contributed by atoms with Crippen LogP contribution in [0.15, 0.2) is 30.3 Å². The van der Waals surface area contributed by atoms with Gasteiger partial charge < -0.3 is 0 Å². The molecule has 0 aliphatic carbocycles. The third kappa shape index (κ3) is 3.89. The lowest BCUT2D eigenvalue weighted by molar-refractivity contribution is 0.584. The summed E-state index contributed by atoms with van der Waals surface area (Å²) >= 11 is 0. The van der Waals surface area contributed by atoms with Gasteiger partial charge in [0, 0.05) is 7.05 Å². The zero-order chi connectivity index (χ0) is 10.4. The molecule has 4 heteroatoms. The van der Waals surface area contributed by atoms with Crippen LogP contribution in [0.2, 0.25) is 0 Å². The van der Waals surface area contributed by atoms with Gasteiger partial charge in [0.1, 0.15) is 0 Å². The fourth-order valence-corrected chi connectivity index (χ4v) is 1.89. The summed E-state index contributed by atoms with van der Waals surface area (Å²) in [5, 5.41) is 0. The summed E-state index contributed by atoms with van der Waals surface area (Å²) in [6.07, 6.45) is 1.42. The van der Waals surface area contributed by atoms with Gasteiger partial charge in [-0.2, -0.15) is 0 Å². The molecule has 0 unspecified atom stereocenters. The first kappa shape index (κ1) is 11.2. The number of hydrogen-bond donors (Lipinski definition) is 0. The Balaban J connectivity index is 2.37. The standard InChI is InChI=1S/C10H14NO2S/c1-11-14(12,13)9-5-8-10-6-3-2-4-7-10/h2-4,6-7H,5,8-9H2,1H3. The van der Waals surface area contributed by atoms with Gasteiger partial charge in [-0.25, -0.2) is 8.42 Å². The Morgan fingerprint density at radius 2 is 1.86 bits per heavy atom. The summed E-state index contributed by atoms with van der Waals surface area (Å²) in [6.45, 7) is 0. The molecule has 0 fully saturated rings. The summed E-state index contributed by atoms with van der Waals surface area (Å²) in [6, 6.07) is 9.84. The van der Waals surface area contributed by atoms with E-state index in [1.807, 2.05) is 30.3 Å². The van der Waals surface area contributed by atoms with Crippen molar-refractivity contribution in [2.75, 3.05) is 12.8 Å². The third-order valence-electron chi connectivity index (χ3n) is 1.99. The van der Waals surface area contributed by atoms with Crippen LogP contribution in [0.4, 0.5) is 0 Å². The van der Waals surface area contributed by atoms with Crippen molar-refractivity contribution in [2.45, 2.75) is 12.8 Å². The Kier molecular flexibility index (Phi) is 4.10. The maximum absolute atomic E-state index is 11.0. The highest BCUT2D eigenvalue weighted by Gasteiger charge is 2.07. The van der Waals surface area contributed by atoms with E-state index in [0.29, 0.717) is 6.42 Å². The molecule has 0 aliphatic heterocycles. The summed E-state index contributed by atoms with van der Waals surface area (Å²) in [4.78, 5) is 0. The van der Waals surface area contributed by atoms with Gasteiger partial charge in [0.15, 0.2) is 0 Å². The Hall–Kier alpha value is -0.870. The SMILES string of the molecule is C[N]S(=O)(=O)CCCc1ccccc1. The molecule has 0 amide bonds. The van der Waals surface area contributed by atoms with E-state index in [1.165, 1.54) is 12.6 Å². The first-order chi connectivity index (χ1) is 6.64. The molecule has 1 radical (unpaired) electrons. The van der Waals surface area contributed by atoms with Crippen LogP contribution in [0.25, 0.3) is 0 Å². The number of hydrogen-bond acceptors (Lipinski definition) is 2. The first-order valence-corrected chi connectivity index (χ1v) is 6.13. The van der Waals surface area contributed by atoms with E-state index in [9.17, 15) is 8.42 Å². The predicted octanol–water partition coefficient (Wildman–Crippen LogP) is 1.18. The highest BCUT2D eigenvalue weighted by molar-refractivity contribution is 7.89. The molecule has 0 aromatic heterocycles. The minimum Gasteiger partial charge on any atom is -0.211 e. The van der Waals surface area contributed by atoms with Gasteiger partial charge in [0.05, 0.1) is 5.75 Å². The van der Waals surface area contributed by atoms with Crippen LogP contribution in [-0.4, -0.2) is 21.2 Å². The molecule has 0 atom stereocenters. The van der Waals surface area contributed by atoms with Gasteiger partial charge in [-0.05, 0) is 18.4 Å². The quantitative estimate of drug-likeness (QED) is 0.736. The van der Waals surface area contributed by atoms with Crippen molar-refractivity contribution in [3.63, 3.8) is 0 Å². The number of sulfonamides is 1. The second-order valence-corrected chi connectivity index (χ2v) is 4.99. The molecule has 0 N–H and O–H groups in total. The van der Waals surface area contributed by atoms with E-state index in [-0.39, 0.29) is 5.75 Å². The molecule has 0 heterocycles. The molecule has 3 nitrogen and oxygen atoms in total. The Labute approximate surface area is 85.2 Å². The fourth-order valence-electron chi connectivity index (χ4n) is 1.19. The lowest BCUT2D eigenvalue weighted by atomic mass is 10.1. The van der Waals surface area contributed by atoms with Crippen LogP contribution >= 0.6 is 0 Å². The monoisotopic (exact) mass is 212 g/mol. The smallest absolute Gasteiger partial charge is 0.211 e. The highest BCUT2D eigenvalue weighted by atomic mass is 32.2. The zero-order valence-electron chi connectivity index (χ0n) is 8.18. The van der Waals surface area contributed by atoms with Crippen molar-refractivity contribution in [1.82, 2.24) is 4.72 Å². The van der Waals surface area contributed by atoms with E-state index in [0.717, 1.165) is 6.42 Å². The minimum atomic E-state index is -3.16. The number of benzene rings is 1. The van der Waals surface area contributed by atoms with E-state index < -0.39 is 10.0 Å². The lowest BCUT2D eigenvalue weighted by Gasteiger charge is -2.01. The molecule has 77 valence electrons. The normalized spacial score (nSPS) is 11.5. The number of nitrogens with zero attached hydrogens (tertiary/aromatic N) is 1. The lowest BCUT2D eigenvalue weighted by Crippen LogP contribution is -2.16. The Bertz CT molecular complexity index is 359. The van der Waals surface area contributed by atoms with Gasteiger partial charge >= 0.3 is 0 Å². The van der Waals surface area contributed by atoms with Crippen molar-refractivity contribution in [2.24, 2.45) is 0 Å². The van der Waals surface area contributed by atoms with Crippen molar-refractivity contribution in [3.05, 3.63) is 35.9 Å². The van der Waals surface area contributed by atoms with Gasteiger partial charge in [0.2, 0.25) is 10.0 Å². The van der Waals surface area contributed by atoms with Crippen LogP contribution < -0.4 is 4.72 Å². The fraction of sp³-hybridized carbons (Fsp3) is 0.400. The van der Waals surface area contributed by atoms with Crippen molar-refractivity contribution >= 4 is 10.0 Å². The molecule has 0 saturated heterocycles. The maximum atomic E-state index is 11.0. The molecule has 0 saturated carbocycles. The van der Waals surface area contributed by atoms with E-state index >= 15 is 0 Å². The van der Waals surface area contributed by atoms with Crippen LogP contribution in [0, 0.1) is 0 Å². The minimum absolute atomic E-state index is 0.137. The molecule has 0 aliphatic rings. The molecule has 14 heavy (non-hydrogen) atoms. The van der Waals surface area contributed by atoms with E-state index in [1.54, 1.807) is 0 Å². The topological polar surface area (TPSA) is 48.2 Å². The van der Waals surface area contributed by atoms with Crippen molar-refractivity contribution in [1.29, 1.82) is 0 Å². The van der Waals surface area contributed by atoms with Gasteiger partial charge in [-0.15, -0.1) is 4.72 Å². The summed E-state index contributed by atoms with van der Waals surface area (Å²) in [5.41, 5.74) is 1.17. The molecular weight excluding hydrogens is 198 g/mol. The van der Waals surface area contributed by atoms with Crippen LogP contribution in [0.3, 0.4) is 0 Å². The van der Waals surface area contributed by atoms with Crippen molar-refractivity contribution in [3.8, 4) is 0 Å². The zero-order valence-corrected chi connectivity index (χ0v) is 9.00. The molecule has 1 rings (SSSR count). The summed E-state index contributed by atoms with van der Waals surface area (Å²) in [5.74, 6) is 0.137. The first-order valence-electron chi connectivity index (χ1n) is 4.52. The van der Waals surface area contributed by atoms with Crippen LogP contribution in [-0.2, 0) is 16.4 Å². The second-order valence-electron chi connectivity index (χ2n) is 3.06. The predicted molar refractivity (Wildman–Crippen MR) is 56.6 cm³/mol. The average Bonchev–Trinajstić information content (AvgIpc) is 2.19. The Morgan fingerprint density at radius 1 is 1.21 bits per heavy atom.